The van der Waals surface area contributed by atoms with Crippen LogP contribution < -0.4 is 5.32 Å². The zero-order valence-corrected chi connectivity index (χ0v) is 11.9. The summed E-state index contributed by atoms with van der Waals surface area (Å²) < 4.78 is 0. The minimum absolute atomic E-state index is 0.0829. The number of hydrogen-bond acceptors (Lipinski definition) is 3. The van der Waals surface area contributed by atoms with E-state index in [-0.39, 0.29) is 11.6 Å². The molecule has 1 amide bonds. The second-order valence-corrected chi connectivity index (χ2v) is 5.57. The Kier molecular flexibility index (Phi) is 4.95. The largest absolute Gasteiger partial charge is 0.325 e. The van der Waals surface area contributed by atoms with Crippen LogP contribution in [0, 0.1) is 16.0 Å². The van der Waals surface area contributed by atoms with Gasteiger partial charge in [0.25, 0.3) is 5.69 Å². The number of nitro benzene ring substituents is 1. The molecule has 20 heavy (non-hydrogen) atoms. The lowest BCUT2D eigenvalue weighted by Crippen LogP contribution is -2.13. The maximum Gasteiger partial charge on any atom is 0.271 e. The third-order valence-electron chi connectivity index (χ3n) is 3.69. The topological polar surface area (TPSA) is 72.2 Å². The fourth-order valence-corrected chi connectivity index (χ4v) is 2.73. The summed E-state index contributed by atoms with van der Waals surface area (Å²) in [5.74, 6) is 0.501. The highest BCUT2D eigenvalue weighted by Crippen LogP contribution is 2.30. The Morgan fingerprint density at radius 1 is 1.40 bits per heavy atom. The smallest absolute Gasteiger partial charge is 0.271 e. The maximum atomic E-state index is 11.9. The number of amides is 1. The van der Waals surface area contributed by atoms with Gasteiger partial charge in [-0.05, 0) is 18.4 Å². The number of non-ortho nitro benzene ring substituents is 1. The van der Waals surface area contributed by atoms with Crippen molar-refractivity contribution in [2.24, 2.45) is 5.92 Å². The third-order valence-corrected chi connectivity index (χ3v) is 4.02. The minimum atomic E-state index is -0.509. The first-order chi connectivity index (χ1) is 9.56. The van der Waals surface area contributed by atoms with Crippen LogP contribution in [0.1, 0.15) is 38.5 Å². The quantitative estimate of drug-likeness (QED) is 0.655. The summed E-state index contributed by atoms with van der Waals surface area (Å²) in [7, 11) is 0. The summed E-state index contributed by atoms with van der Waals surface area (Å²) in [6.45, 7) is 0. The van der Waals surface area contributed by atoms with Gasteiger partial charge in [-0.25, -0.2) is 0 Å². The van der Waals surface area contributed by atoms with Gasteiger partial charge in [-0.2, -0.15) is 0 Å². The van der Waals surface area contributed by atoms with E-state index in [9.17, 15) is 14.9 Å². The molecule has 1 aliphatic rings. The monoisotopic (exact) mass is 296 g/mol. The zero-order chi connectivity index (χ0) is 14.5. The molecule has 0 aliphatic heterocycles. The van der Waals surface area contributed by atoms with Gasteiger partial charge < -0.3 is 5.32 Å². The Morgan fingerprint density at radius 2 is 2.10 bits per heavy atom. The molecule has 0 radical (unpaired) electrons. The van der Waals surface area contributed by atoms with Crippen LogP contribution in [0.3, 0.4) is 0 Å². The highest BCUT2D eigenvalue weighted by atomic mass is 35.5. The SMILES string of the molecule is O=C(CCC1CCCC1)Nc1cc([N+](=O)[O-])ccc1Cl. The Hall–Kier alpha value is -1.62. The fourth-order valence-electron chi connectivity index (χ4n) is 2.57. The van der Waals surface area contributed by atoms with Crippen LogP contribution in [0.25, 0.3) is 0 Å². The number of carbonyl (C=O) groups is 1. The van der Waals surface area contributed by atoms with Gasteiger partial charge >= 0.3 is 0 Å². The van der Waals surface area contributed by atoms with E-state index in [2.05, 4.69) is 5.32 Å². The maximum absolute atomic E-state index is 11.9. The summed E-state index contributed by atoms with van der Waals surface area (Å²) in [4.78, 5) is 22.1. The van der Waals surface area contributed by atoms with Crippen molar-refractivity contribution in [2.75, 3.05) is 5.32 Å². The number of benzene rings is 1. The second-order valence-electron chi connectivity index (χ2n) is 5.16. The van der Waals surface area contributed by atoms with Crippen LogP contribution in [0.15, 0.2) is 18.2 Å². The molecule has 0 aromatic heterocycles. The van der Waals surface area contributed by atoms with Crippen LogP contribution in [0.5, 0.6) is 0 Å². The van der Waals surface area contributed by atoms with E-state index in [1.165, 1.54) is 43.9 Å². The molecule has 0 spiro atoms. The lowest BCUT2D eigenvalue weighted by Gasteiger charge is -2.10. The van der Waals surface area contributed by atoms with E-state index in [4.69, 9.17) is 11.6 Å². The van der Waals surface area contributed by atoms with E-state index < -0.39 is 4.92 Å². The number of hydrogen-bond donors (Lipinski definition) is 1. The van der Waals surface area contributed by atoms with E-state index in [1.807, 2.05) is 0 Å². The van der Waals surface area contributed by atoms with Gasteiger partial charge in [-0.15, -0.1) is 0 Å². The highest BCUT2D eigenvalue weighted by Gasteiger charge is 2.17. The summed E-state index contributed by atoms with van der Waals surface area (Å²) >= 11 is 5.93. The number of anilines is 1. The van der Waals surface area contributed by atoms with Gasteiger partial charge in [0.05, 0.1) is 15.6 Å². The molecule has 1 saturated carbocycles. The normalized spacial score (nSPS) is 15.2. The van der Waals surface area contributed by atoms with Crippen LogP contribution in [-0.2, 0) is 4.79 Å². The van der Waals surface area contributed by atoms with Crippen LogP contribution in [0.4, 0.5) is 11.4 Å². The molecule has 108 valence electrons. The van der Waals surface area contributed by atoms with Crippen molar-refractivity contribution in [3.63, 3.8) is 0 Å². The van der Waals surface area contributed by atoms with Crippen molar-refractivity contribution in [2.45, 2.75) is 38.5 Å². The Morgan fingerprint density at radius 3 is 2.75 bits per heavy atom. The van der Waals surface area contributed by atoms with Crippen LogP contribution in [0.2, 0.25) is 5.02 Å². The van der Waals surface area contributed by atoms with Gasteiger partial charge in [0, 0.05) is 18.6 Å². The van der Waals surface area contributed by atoms with E-state index in [1.54, 1.807) is 0 Å². The summed E-state index contributed by atoms with van der Waals surface area (Å²) in [6.07, 6.45) is 6.21. The van der Waals surface area contributed by atoms with Crippen molar-refractivity contribution in [3.8, 4) is 0 Å². The number of halogens is 1. The molecular formula is C14H17ClN2O3. The first kappa shape index (κ1) is 14.8. The lowest BCUT2D eigenvalue weighted by atomic mass is 10.0. The minimum Gasteiger partial charge on any atom is -0.325 e. The molecule has 6 heteroatoms. The predicted octanol–water partition coefficient (Wildman–Crippen LogP) is 4.16. The standard InChI is InChI=1S/C14H17ClN2O3/c15-12-7-6-11(17(19)20)9-13(12)16-14(18)8-5-10-3-1-2-4-10/h6-7,9-10H,1-5,8H2,(H,16,18). The first-order valence-electron chi connectivity index (χ1n) is 6.80. The summed E-state index contributed by atoms with van der Waals surface area (Å²) in [6, 6.07) is 4.03. The molecule has 0 heterocycles. The molecule has 5 nitrogen and oxygen atoms in total. The molecule has 0 bridgehead atoms. The molecule has 2 rings (SSSR count). The summed E-state index contributed by atoms with van der Waals surface area (Å²) in [5.41, 5.74) is 0.220. The number of carbonyl (C=O) groups excluding carboxylic acids is 1. The molecule has 1 N–H and O–H groups in total. The molecule has 1 aliphatic carbocycles. The second kappa shape index (κ2) is 6.70. The molecule has 1 fully saturated rings. The first-order valence-corrected chi connectivity index (χ1v) is 7.18. The fraction of sp³-hybridized carbons (Fsp3) is 0.500. The number of rotatable bonds is 5. The Labute approximate surface area is 122 Å². The number of nitrogens with one attached hydrogen (secondary N) is 1. The average Bonchev–Trinajstić information content (AvgIpc) is 2.92. The van der Waals surface area contributed by atoms with Gasteiger partial charge in [0.1, 0.15) is 0 Å². The van der Waals surface area contributed by atoms with Gasteiger partial charge in [0.15, 0.2) is 0 Å². The van der Waals surface area contributed by atoms with Gasteiger partial charge in [-0.1, -0.05) is 37.3 Å². The van der Waals surface area contributed by atoms with Crippen LogP contribution in [-0.4, -0.2) is 10.8 Å². The predicted molar refractivity (Wildman–Crippen MR) is 77.9 cm³/mol. The van der Waals surface area contributed by atoms with E-state index >= 15 is 0 Å². The highest BCUT2D eigenvalue weighted by molar-refractivity contribution is 6.33. The third kappa shape index (κ3) is 3.93. The van der Waals surface area contributed by atoms with Crippen molar-refractivity contribution < 1.29 is 9.72 Å². The molecule has 1 aromatic carbocycles. The van der Waals surface area contributed by atoms with Crippen LogP contribution >= 0.6 is 11.6 Å². The molecule has 1 aromatic rings. The van der Waals surface area contributed by atoms with Gasteiger partial charge in [0.2, 0.25) is 5.91 Å². The van der Waals surface area contributed by atoms with Crippen molar-refractivity contribution in [1.29, 1.82) is 0 Å². The van der Waals surface area contributed by atoms with Gasteiger partial charge in [-0.3, -0.25) is 14.9 Å². The van der Waals surface area contributed by atoms with Crippen molar-refractivity contribution in [3.05, 3.63) is 33.3 Å². The lowest BCUT2D eigenvalue weighted by molar-refractivity contribution is -0.384. The number of nitrogens with zero attached hydrogens (tertiary/aromatic N) is 1. The Balaban J connectivity index is 1.92. The van der Waals surface area contributed by atoms with Crippen molar-refractivity contribution in [1.82, 2.24) is 0 Å². The van der Waals surface area contributed by atoms with Crippen molar-refractivity contribution >= 4 is 28.9 Å². The molecular weight excluding hydrogens is 280 g/mol. The molecule has 0 atom stereocenters. The Bertz CT molecular complexity index is 513. The van der Waals surface area contributed by atoms with E-state index in [0.717, 1.165) is 6.42 Å². The number of nitro groups is 1. The average molecular weight is 297 g/mol. The van der Waals surface area contributed by atoms with E-state index in [0.29, 0.717) is 23.0 Å². The summed E-state index contributed by atoms with van der Waals surface area (Å²) in [5, 5.41) is 13.7. The molecule has 0 unspecified atom stereocenters. The molecule has 0 saturated heterocycles. The zero-order valence-electron chi connectivity index (χ0n) is 11.1.